The maximum atomic E-state index is 13.7. The molecule has 1 aliphatic rings. The van der Waals surface area contributed by atoms with Crippen LogP contribution in [0.5, 0.6) is 5.75 Å². The van der Waals surface area contributed by atoms with Crippen molar-refractivity contribution in [2.24, 2.45) is 5.41 Å². The van der Waals surface area contributed by atoms with Gasteiger partial charge in [0.2, 0.25) is 0 Å². The van der Waals surface area contributed by atoms with Crippen molar-refractivity contribution in [2.75, 3.05) is 26.7 Å². The van der Waals surface area contributed by atoms with Crippen LogP contribution in [0, 0.1) is 5.41 Å². The zero-order chi connectivity index (χ0) is 21.7. The van der Waals surface area contributed by atoms with Crippen LogP contribution in [0.15, 0.2) is 23.8 Å². The van der Waals surface area contributed by atoms with Crippen molar-refractivity contribution >= 4 is 23.6 Å². The van der Waals surface area contributed by atoms with Crippen LogP contribution in [0.3, 0.4) is 0 Å². The molecule has 1 aliphatic heterocycles. The Bertz CT molecular complexity index is 777. The number of ether oxygens (including phenoxy) is 1. The Labute approximate surface area is 175 Å². The Morgan fingerprint density at radius 2 is 1.93 bits per heavy atom. The molecule has 0 radical (unpaired) electrons. The molecule has 1 N–H and O–H groups in total. The maximum Gasteiger partial charge on any atom is 0.347 e. The minimum absolute atomic E-state index is 0.0292. The Morgan fingerprint density at radius 1 is 1.21 bits per heavy atom. The van der Waals surface area contributed by atoms with E-state index in [0.717, 1.165) is 36.1 Å². The lowest BCUT2D eigenvalue weighted by atomic mass is 9.89. The lowest BCUT2D eigenvalue weighted by Gasteiger charge is -2.40. The number of nitrogens with zero attached hydrogens (tertiary/aromatic N) is 1. The number of nitrogens with one attached hydrogen (secondary N) is 1. The molecular formula is C24H37N2O3+. The standard InChI is InChI=1S/C24H36N2O3/c1-7-9-13-25-22(27)17-26(14-12-24(3,4)5)21-16-20(29-6)11-10-19(21)15-18(8-2)23(26)28/h10-11,15-16H,7-9,12-14,17H2,1-6H3/p+1. The molecular weight excluding hydrogens is 364 g/mol. The summed E-state index contributed by atoms with van der Waals surface area (Å²) in [5.41, 5.74) is 2.69. The van der Waals surface area contributed by atoms with E-state index in [4.69, 9.17) is 4.74 Å². The lowest BCUT2D eigenvalue weighted by Crippen LogP contribution is -2.61. The third kappa shape index (κ3) is 5.47. The summed E-state index contributed by atoms with van der Waals surface area (Å²) in [6.07, 6.45) is 5.41. The van der Waals surface area contributed by atoms with E-state index in [9.17, 15) is 9.59 Å². The molecule has 1 heterocycles. The van der Waals surface area contributed by atoms with Crippen LogP contribution < -0.4 is 14.5 Å². The minimum atomic E-state index is -0.0770. The molecule has 2 amide bonds. The van der Waals surface area contributed by atoms with E-state index < -0.39 is 0 Å². The first-order chi connectivity index (χ1) is 13.7. The van der Waals surface area contributed by atoms with E-state index in [1.54, 1.807) is 7.11 Å². The summed E-state index contributed by atoms with van der Waals surface area (Å²) < 4.78 is 5.48. The molecule has 1 aromatic carbocycles. The van der Waals surface area contributed by atoms with Crippen molar-refractivity contribution in [3.63, 3.8) is 0 Å². The molecule has 0 spiro atoms. The Hall–Kier alpha value is -2.14. The SMILES string of the molecule is CCCCNC(=O)C[N+]1(CCC(C)(C)C)C(=O)C(CC)=Cc2ccc(OC)cc21. The highest BCUT2D eigenvalue weighted by Gasteiger charge is 2.47. The zero-order valence-electron chi connectivity index (χ0n) is 18.9. The van der Waals surface area contributed by atoms with Gasteiger partial charge in [0, 0.05) is 24.6 Å². The average molecular weight is 402 g/mol. The third-order valence-electron chi connectivity index (χ3n) is 5.58. The number of carbonyl (C=O) groups excluding carboxylic acids is 2. The van der Waals surface area contributed by atoms with Crippen molar-refractivity contribution in [3.05, 3.63) is 29.3 Å². The zero-order valence-corrected chi connectivity index (χ0v) is 18.9. The van der Waals surface area contributed by atoms with Crippen molar-refractivity contribution < 1.29 is 14.3 Å². The summed E-state index contributed by atoms with van der Waals surface area (Å²) in [6.45, 7) is 11.9. The molecule has 0 saturated heterocycles. The van der Waals surface area contributed by atoms with Crippen LogP contribution in [0.1, 0.15) is 65.9 Å². The fraction of sp³-hybridized carbons (Fsp3) is 0.583. The number of carbonyl (C=O) groups is 2. The molecule has 5 heteroatoms. The summed E-state index contributed by atoms with van der Waals surface area (Å²) in [4.78, 5) is 26.6. The van der Waals surface area contributed by atoms with Gasteiger partial charge in [-0.2, -0.15) is 0 Å². The molecule has 0 saturated carbocycles. The normalized spacial score (nSPS) is 18.8. The quantitative estimate of drug-likeness (QED) is 0.482. The average Bonchev–Trinajstić information content (AvgIpc) is 2.68. The van der Waals surface area contributed by atoms with Gasteiger partial charge in [-0.1, -0.05) is 41.0 Å². The Morgan fingerprint density at radius 3 is 2.52 bits per heavy atom. The van der Waals surface area contributed by atoms with E-state index in [0.29, 0.717) is 25.3 Å². The number of rotatable bonds is 9. The van der Waals surface area contributed by atoms with Crippen molar-refractivity contribution in [2.45, 2.75) is 60.3 Å². The van der Waals surface area contributed by atoms with Gasteiger partial charge in [0.1, 0.15) is 5.75 Å². The second kappa shape index (κ2) is 9.57. The van der Waals surface area contributed by atoms with E-state index in [1.807, 2.05) is 31.2 Å². The predicted molar refractivity (Wildman–Crippen MR) is 120 cm³/mol. The molecule has 0 fully saturated rings. The highest BCUT2D eigenvalue weighted by molar-refractivity contribution is 6.11. The molecule has 2 rings (SSSR count). The van der Waals surface area contributed by atoms with E-state index in [1.165, 1.54) is 0 Å². The van der Waals surface area contributed by atoms with Crippen molar-refractivity contribution in [3.8, 4) is 5.75 Å². The van der Waals surface area contributed by atoms with Crippen LogP contribution in [0.2, 0.25) is 0 Å². The molecule has 1 aromatic rings. The van der Waals surface area contributed by atoms with Gasteiger partial charge in [0.25, 0.3) is 5.91 Å². The number of hydrogen-bond donors (Lipinski definition) is 1. The van der Waals surface area contributed by atoms with Crippen molar-refractivity contribution in [1.82, 2.24) is 9.80 Å². The van der Waals surface area contributed by atoms with Gasteiger partial charge in [-0.3, -0.25) is 4.79 Å². The molecule has 0 aromatic heterocycles. The Balaban J connectivity index is 2.55. The van der Waals surface area contributed by atoms with Gasteiger partial charge >= 0.3 is 5.91 Å². The smallest absolute Gasteiger partial charge is 0.347 e. The first kappa shape index (κ1) is 23.1. The summed E-state index contributed by atoms with van der Waals surface area (Å²) >= 11 is 0. The van der Waals surface area contributed by atoms with E-state index in [-0.39, 0.29) is 28.3 Å². The first-order valence-electron chi connectivity index (χ1n) is 10.7. The molecule has 5 nitrogen and oxygen atoms in total. The van der Waals surface area contributed by atoms with Crippen LogP contribution in [0.4, 0.5) is 5.69 Å². The minimum Gasteiger partial charge on any atom is -0.497 e. The lowest BCUT2D eigenvalue weighted by molar-refractivity contribution is -0.132. The Kier molecular flexibility index (Phi) is 7.64. The highest BCUT2D eigenvalue weighted by Crippen LogP contribution is 2.40. The van der Waals surface area contributed by atoms with Gasteiger partial charge in [-0.25, -0.2) is 9.28 Å². The van der Waals surface area contributed by atoms with E-state index in [2.05, 4.69) is 33.0 Å². The second-order valence-corrected chi connectivity index (χ2v) is 9.12. The van der Waals surface area contributed by atoms with Gasteiger partial charge in [-0.05, 0) is 36.5 Å². The summed E-state index contributed by atoms with van der Waals surface area (Å²) in [5.74, 6) is 0.657. The number of benzene rings is 1. The number of unbranched alkanes of at least 4 members (excludes halogenated alkanes) is 1. The molecule has 29 heavy (non-hydrogen) atoms. The number of fused-ring (bicyclic) bond motifs is 1. The van der Waals surface area contributed by atoms with E-state index >= 15 is 0 Å². The highest BCUT2D eigenvalue weighted by atomic mass is 16.5. The van der Waals surface area contributed by atoms with Crippen LogP contribution in [-0.2, 0) is 9.59 Å². The summed E-state index contributed by atoms with van der Waals surface area (Å²) in [5, 5.41) is 3.01. The fourth-order valence-electron chi connectivity index (χ4n) is 3.72. The van der Waals surface area contributed by atoms with Crippen molar-refractivity contribution in [1.29, 1.82) is 0 Å². The topological polar surface area (TPSA) is 55.4 Å². The second-order valence-electron chi connectivity index (χ2n) is 9.12. The van der Waals surface area contributed by atoms with Gasteiger partial charge in [-0.15, -0.1) is 0 Å². The summed E-state index contributed by atoms with van der Waals surface area (Å²) in [7, 11) is 1.63. The number of quaternary nitrogens is 1. The monoisotopic (exact) mass is 401 g/mol. The molecule has 0 bridgehead atoms. The summed E-state index contributed by atoms with van der Waals surface area (Å²) in [6, 6.07) is 5.84. The van der Waals surface area contributed by atoms with Gasteiger partial charge < -0.3 is 10.1 Å². The largest absolute Gasteiger partial charge is 0.497 e. The van der Waals surface area contributed by atoms with Gasteiger partial charge in [0.05, 0.1) is 19.2 Å². The molecule has 1 atom stereocenters. The van der Waals surface area contributed by atoms with Gasteiger partial charge in [0.15, 0.2) is 12.2 Å². The fourth-order valence-corrected chi connectivity index (χ4v) is 3.72. The predicted octanol–water partition coefficient (Wildman–Crippen LogP) is 4.69. The number of amides is 2. The third-order valence-corrected chi connectivity index (χ3v) is 5.58. The van der Waals surface area contributed by atoms with Crippen LogP contribution in [-0.4, -0.2) is 38.6 Å². The number of hydrogen-bond acceptors (Lipinski definition) is 3. The molecule has 0 aliphatic carbocycles. The molecule has 1 unspecified atom stereocenters. The first-order valence-corrected chi connectivity index (χ1v) is 10.7. The van der Waals surface area contributed by atoms with Crippen LogP contribution >= 0.6 is 0 Å². The number of methoxy groups -OCH3 is 1. The molecule has 160 valence electrons. The van der Waals surface area contributed by atoms with Crippen LogP contribution in [0.25, 0.3) is 6.08 Å². The maximum absolute atomic E-state index is 13.7.